The van der Waals surface area contributed by atoms with Gasteiger partial charge in [0.05, 0.1) is 4.90 Å². The zero-order chi connectivity index (χ0) is 20.0. The summed E-state index contributed by atoms with van der Waals surface area (Å²) in [5.74, 6) is -0.345. The number of hydrogen-bond acceptors (Lipinski definition) is 4. The molecule has 2 aromatic carbocycles. The molecule has 0 saturated heterocycles. The second kappa shape index (κ2) is 9.12. The standard InChI is InChI=1S/C20H27N3O3S/c1-15-9-10-18(13-16(15)2)22-20(24)17-7-5-8-19(14-17)27(25,26)21-11-6-12-23(3)4/h5,7-10,13-14,21H,6,11-12H2,1-4H3,(H,22,24). The number of aryl methyl sites for hydroxylation is 2. The Morgan fingerprint density at radius 2 is 1.78 bits per heavy atom. The van der Waals surface area contributed by atoms with Gasteiger partial charge in [0, 0.05) is 17.8 Å². The monoisotopic (exact) mass is 389 g/mol. The van der Waals surface area contributed by atoms with E-state index in [9.17, 15) is 13.2 Å². The van der Waals surface area contributed by atoms with Crippen LogP contribution >= 0.6 is 0 Å². The Hall–Kier alpha value is -2.22. The fourth-order valence-electron chi connectivity index (χ4n) is 2.51. The van der Waals surface area contributed by atoms with Crippen LogP contribution in [0.1, 0.15) is 27.9 Å². The molecule has 0 spiro atoms. The van der Waals surface area contributed by atoms with Gasteiger partial charge in [0.25, 0.3) is 5.91 Å². The molecule has 2 N–H and O–H groups in total. The Morgan fingerprint density at radius 3 is 2.44 bits per heavy atom. The first-order valence-corrected chi connectivity index (χ1v) is 10.3. The van der Waals surface area contributed by atoms with Crippen molar-refractivity contribution in [1.82, 2.24) is 9.62 Å². The Balaban J connectivity index is 2.09. The number of carbonyl (C=O) groups excluding carboxylic acids is 1. The smallest absolute Gasteiger partial charge is 0.255 e. The number of hydrogen-bond donors (Lipinski definition) is 2. The zero-order valence-electron chi connectivity index (χ0n) is 16.2. The third-order valence-electron chi connectivity index (χ3n) is 4.25. The van der Waals surface area contributed by atoms with E-state index in [1.54, 1.807) is 12.1 Å². The van der Waals surface area contributed by atoms with E-state index in [1.807, 2.05) is 51.0 Å². The summed E-state index contributed by atoms with van der Waals surface area (Å²) >= 11 is 0. The number of nitrogens with zero attached hydrogens (tertiary/aromatic N) is 1. The molecule has 0 radical (unpaired) electrons. The zero-order valence-corrected chi connectivity index (χ0v) is 17.1. The van der Waals surface area contributed by atoms with Crippen molar-refractivity contribution < 1.29 is 13.2 Å². The fourth-order valence-corrected chi connectivity index (χ4v) is 3.63. The van der Waals surface area contributed by atoms with Gasteiger partial charge >= 0.3 is 0 Å². The summed E-state index contributed by atoms with van der Waals surface area (Å²) in [6, 6.07) is 11.7. The van der Waals surface area contributed by atoms with E-state index in [4.69, 9.17) is 0 Å². The van der Waals surface area contributed by atoms with Gasteiger partial charge in [-0.1, -0.05) is 12.1 Å². The maximum Gasteiger partial charge on any atom is 0.255 e. The Bertz CT molecular complexity index is 908. The molecule has 0 aliphatic carbocycles. The van der Waals surface area contributed by atoms with E-state index in [1.165, 1.54) is 12.1 Å². The van der Waals surface area contributed by atoms with Crippen LogP contribution in [-0.4, -0.2) is 46.4 Å². The van der Waals surface area contributed by atoms with Crippen LogP contribution in [-0.2, 0) is 10.0 Å². The van der Waals surface area contributed by atoms with Crippen molar-refractivity contribution in [3.05, 3.63) is 59.2 Å². The number of carbonyl (C=O) groups is 1. The van der Waals surface area contributed by atoms with Crippen LogP contribution in [0.15, 0.2) is 47.4 Å². The molecule has 0 heterocycles. The molecule has 0 unspecified atom stereocenters. The van der Waals surface area contributed by atoms with Crippen molar-refractivity contribution in [3.8, 4) is 0 Å². The quantitative estimate of drug-likeness (QED) is 0.681. The van der Waals surface area contributed by atoms with Crippen molar-refractivity contribution >= 4 is 21.6 Å². The number of anilines is 1. The topological polar surface area (TPSA) is 78.5 Å². The summed E-state index contributed by atoms with van der Waals surface area (Å²) in [5, 5.41) is 2.81. The molecule has 0 aromatic heterocycles. The van der Waals surface area contributed by atoms with Gasteiger partial charge in [-0.15, -0.1) is 0 Å². The minimum atomic E-state index is -3.65. The first kappa shape index (κ1) is 21.1. The van der Waals surface area contributed by atoms with E-state index >= 15 is 0 Å². The summed E-state index contributed by atoms with van der Waals surface area (Å²) in [5.41, 5.74) is 3.19. The van der Waals surface area contributed by atoms with Crippen molar-refractivity contribution in [2.24, 2.45) is 0 Å². The molecule has 6 nitrogen and oxygen atoms in total. The molecule has 0 bridgehead atoms. The normalized spacial score (nSPS) is 11.6. The minimum Gasteiger partial charge on any atom is -0.322 e. The van der Waals surface area contributed by atoms with Gasteiger partial charge in [-0.05, 0) is 82.4 Å². The summed E-state index contributed by atoms with van der Waals surface area (Å²) in [6.45, 7) is 5.11. The lowest BCUT2D eigenvalue weighted by atomic mass is 10.1. The van der Waals surface area contributed by atoms with E-state index in [0.717, 1.165) is 17.7 Å². The highest BCUT2D eigenvalue weighted by Gasteiger charge is 2.16. The van der Waals surface area contributed by atoms with Gasteiger partial charge < -0.3 is 10.2 Å². The predicted molar refractivity (Wildman–Crippen MR) is 109 cm³/mol. The van der Waals surface area contributed by atoms with Gasteiger partial charge in [0.1, 0.15) is 0 Å². The van der Waals surface area contributed by atoms with Crippen LogP contribution in [0.5, 0.6) is 0 Å². The molecule has 0 aliphatic heterocycles. The molecule has 0 atom stereocenters. The first-order valence-electron chi connectivity index (χ1n) is 8.82. The van der Waals surface area contributed by atoms with Crippen molar-refractivity contribution in [3.63, 3.8) is 0 Å². The lowest BCUT2D eigenvalue weighted by Crippen LogP contribution is -2.27. The maximum absolute atomic E-state index is 12.5. The fraction of sp³-hybridized carbons (Fsp3) is 0.350. The van der Waals surface area contributed by atoms with Gasteiger partial charge in [-0.25, -0.2) is 13.1 Å². The van der Waals surface area contributed by atoms with Crippen LogP contribution in [0.4, 0.5) is 5.69 Å². The molecule has 0 aliphatic rings. The second-order valence-electron chi connectivity index (χ2n) is 6.84. The molecule has 7 heteroatoms. The van der Waals surface area contributed by atoms with Crippen LogP contribution in [0.3, 0.4) is 0 Å². The number of amides is 1. The molecule has 1 amide bonds. The van der Waals surface area contributed by atoms with Crippen LogP contribution in [0.2, 0.25) is 0 Å². The Kier molecular flexibility index (Phi) is 7.12. The average Bonchev–Trinajstić information content (AvgIpc) is 2.62. The van der Waals surface area contributed by atoms with Crippen molar-refractivity contribution in [2.75, 3.05) is 32.5 Å². The lowest BCUT2D eigenvalue weighted by molar-refractivity contribution is 0.102. The summed E-state index contributed by atoms with van der Waals surface area (Å²) in [4.78, 5) is 14.6. The van der Waals surface area contributed by atoms with Crippen molar-refractivity contribution in [2.45, 2.75) is 25.2 Å². The second-order valence-corrected chi connectivity index (χ2v) is 8.60. The summed E-state index contributed by atoms with van der Waals surface area (Å²) in [7, 11) is 0.225. The van der Waals surface area contributed by atoms with Gasteiger partial charge in [0.2, 0.25) is 10.0 Å². The molecule has 0 fully saturated rings. The molecular weight excluding hydrogens is 362 g/mol. The molecular formula is C20H27N3O3S. The maximum atomic E-state index is 12.5. The number of sulfonamides is 1. The minimum absolute atomic E-state index is 0.0834. The third kappa shape index (κ3) is 6.16. The highest BCUT2D eigenvalue weighted by atomic mass is 32.2. The summed E-state index contributed by atoms with van der Waals surface area (Å²) < 4.78 is 27.4. The molecule has 2 aromatic rings. The lowest BCUT2D eigenvalue weighted by Gasteiger charge is -2.11. The predicted octanol–water partition coefficient (Wildman–Crippen LogP) is 2.79. The first-order chi connectivity index (χ1) is 12.7. The van der Waals surface area contributed by atoms with Crippen LogP contribution in [0, 0.1) is 13.8 Å². The van der Waals surface area contributed by atoms with Gasteiger partial charge in [-0.2, -0.15) is 0 Å². The van der Waals surface area contributed by atoms with E-state index in [0.29, 0.717) is 24.2 Å². The molecule has 2 rings (SSSR count). The van der Waals surface area contributed by atoms with Crippen molar-refractivity contribution in [1.29, 1.82) is 0 Å². The largest absolute Gasteiger partial charge is 0.322 e. The highest BCUT2D eigenvalue weighted by molar-refractivity contribution is 7.89. The Labute approximate surface area is 161 Å². The van der Waals surface area contributed by atoms with Gasteiger partial charge in [0.15, 0.2) is 0 Å². The number of nitrogens with one attached hydrogen (secondary N) is 2. The third-order valence-corrected chi connectivity index (χ3v) is 5.70. The number of benzene rings is 2. The highest BCUT2D eigenvalue weighted by Crippen LogP contribution is 2.17. The van der Waals surface area contributed by atoms with Gasteiger partial charge in [-0.3, -0.25) is 4.79 Å². The number of rotatable bonds is 8. The molecule has 0 saturated carbocycles. The average molecular weight is 390 g/mol. The SMILES string of the molecule is Cc1ccc(NC(=O)c2cccc(S(=O)(=O)NCCCN(C)C)c2)cc1C. The van der Waals surface area contributed by atoms with E-state index in [-0.39, 0.29) is 10.8 Å². The molecule has 27 heavy (non-hydrogen) atoms. The van der Waals surface area contributed by atoms with Crippen LogP contribution in [0.25, 0.3) is 0 Å². The van der Waals surface area contributed by atoms with E-state index < -0.39 is 10.0 Å². The van der Waals surface area contributed by atoms with Crippen LogP contribution < -0.4 is 10.0 Å². The Morgan fingerprint density at radius 1 is 1.04 bits per heavy atom. The van der Waals surface area contributed by atoms with E-state index in [2.05, 4.69) is 10.0 Å². The summed E-state index contributed by atoms with van der Waals surface area (Å²) in [6.07, 6.45) is 0.708. The molecule has 146 valence electrons.